The lowest BCUT2D eigenvalue weighted by molar-refractivity contribution is 0.413. The Balaban J connectivity index is 2.05. The van der Waals surface area contributed by atoms with Gasteiger partial charge in [0.05, 0.1) is 0 Å². The van der Waals surface area contributed by atoms with Crippen LogP contribution < -0.4 is 0 Å². The fraction of sp³-hybridized carbons (Fsp3) is 0.625. The van der Waals surface area contributed by atoms with Crippen LogP contribution in [-0.4, -0.2) is 11.1 Å². The first-order valence-corrected chi connectivity index (χ1v) is 8.62. The van der Waals surface area contributed by atoms with Crippen molar-refractivity contribution in [2.45, 2.75) is 49.7 Å². The molecule has 0 nitrogen and oxygen atoms in total. The van der Waals surface area contributed by atoms with Crippen LogP contribution in [0.25, 0.3) is 0 Å². The van der Waals surface area contributed by atoms with Crippen LogP contribution in [0.4, 0.5) is 0 Å². The zero-order valence-electron chi connectivity index (χ0n) is 11.1. The van der Waals surface area contributed by atoms with E-state index in [1.54, 1.807) is 0 Å². The van der Waals surface area contributed by atoms with E-state index in [1.165, 1.54) is 43.4 Å². The molecule has 1 fully saturated rings. The first-order valence-electron chi connectivity index (χ1n) is 7.13. The second-order valence-electron chi connectivity index (χ2n) is 5.17. The summed E-state index contributed by atoms with van der Waals surface area (Å²) in [7, 11) is 0. The second-order valence-corrected chi connectivity index (χ2v) is 6.98. The van der Waals surface area contributed by atoms with E-state index >= 15 is 0 Å². The minimum atomic E-state index is 0.369. The Morgan fingerprint density at radius 2 is 2.00 bits per heavy atom. The van der Waals surface area contributed by atoms with Crippen LogP contribution in [0.15, 0.2) is 30.3 Å². The molecule has 1 saturated heterocycles. The highest BCUT2D eigenvalue weighted by atomic mass is 35.5. The predicted octanol–water partition coefficient (Wildman–Crippen LogP) is 5.67. The van der Waals surface area contributed by atoms with Gasteiger partial charge in [0, 0.05) is 10.6 Å². The molecule has 3 atom stereocenters. The zero-order chi connectivity index (χ0) is 12.8. The average Bonchev–Trinajstić information content (AvgIpc) is 2.42. The molecule has 1 heterocycles. The van der Waals surface area contributed by atoms with Gasteiger partial charge >= 0.3 is 0 Å². The normalized spacial score (nSPS) is 28.2. The summed E-state index contributed by atoms with van der Waals surface area (Å²) in [5, 5.41) is 0.979. The monoisotopic (exact) mass is 282 g/mol. The van der Waals surface area contributed by atoms with Crippen LogP contribution in [0.2, 0.25) is 0 Å². The van der Waals surface area contributed by atoms with Crippen molar-refractivity contribution in [3.05, 3.63) is 35.9 Å². The van der Waals surface area contributed by atoms with E-state index in [2.05, 4.69) is 49.0 Å². The van der Waals surface area contributed by atoms with Crippen LogP contribution in [0, 0.1) is 5.92 Å². The quantitative estimate of drug-likeness (QED) is 0.495. The SMILES string of the molecule is CCCCC[C@H]1[C@H](Cl)CCS[C@@H]1c1ccccc1. The zero-order valence-corrected chi connectivity index (χ0v) is 12.7. The van der Waals surface area contributed by atoms with Crippen molar-refractivity contribution >= 4 is 23.4 Å². The lowest BCUT2D eigenvalue weighted by Gasteiger charge is -2.35. The Kier molecular flexibility index (Phi) is 5.91. The van der Waals surface area contributed by atoms with Gasteiger partial charge in [0.1, 0.15) is 0 Å². The maximum Gasteiger partial charge on any atom is 0.0385 e. The van der Waals surface area contributed by atoms with Gasteiger partial charge in [-0.3, -0.25) is 0 Å². The molecule has 1 aromatic rings. The molecule has 0 radical (unpaired) electrons. The Morgan fingerprint density at radius 1 is 1.22 bits per heavy atom. The number of halogens is 1. The van der Waals surface area contributed by atoms with E-state index in [-0.39, 0.29) is 0 Å². The first kappa shape index (κ1) is 14.3. The van der Waals surface area contributed by atoms with Crippen molar-refractivity contribution in [3.63, 3.8) is 0 Å². The van der Waals surface area contributed by atoms with Gasteiger partial charge in [-0.1, -0.05) is 56.5 Å². The van der Waals surface area contributed by atoms with Gasteiger partial charge in [-0.25, -0.2) is 0 Å². The largest absolute Gasteiger partial charge is 0.153 e. The summed E-state index contributed by atoms with van der Waals surface area (Å²) in [5.74, 6) is 1.86. The van der Waals surface area contributed by atoms with E-state index in [1.807, 2.05) is 0 Å². The van der Waals surface area contributed by atoms with E-state index in [0.29, 0.717) is 16.5 Å². The number of benzene rings is 1. The van der Waals surface area contributed by atoms with Crippen molar-refractivity contribution in [2.75, 3.05) is 5.75 Å². The van der Waals surface area contributed by atoms with E-state index < -0.39 is 0 Å². The fourth-order valence-electron chi connectivity index (χ4n) is 2.78. The summed E-state index contributed by atoms with van der Waals surface area (Å²) in [6.45, 7) is 2.27. The topological polar surface area (TPSA) is 0 Å². The number of rotatable bonds is 5. The summed E-state index contributed by atoms with van der Waals surface area (Å²) in [6, 6.07) is 10.9. The highest BCUT2D eigenvalue weighted by Crippen LogP contribution is 2.46. The highest BCUT2D eigenvalue weighted by molar-refractivity contribution is 7.99. The lowest BCUT2D eigenvalue weighted by atomic mass is 9.88. The summed E-state index contributed by atoms with van der Waals surface area (Å²) in [4.78, 5) is 0. The molecule has 2 rings (SSSR count). The third-order valence-electron chi connectivity index (χ3n) is 3.81. The molecule has 1 aliphatic rings. The van der Waals surface area contributed by atoms with Crippen LogP contribution in [0.1, 0.15) is 49.8 Å². The van der Waals surface area contributed by atoms with Gasteiger partial charge < -0.3 is 0 Å². The lowest BCUT2D eigenvalue weighted by Crippen LogP contribution is -2.26. The summed E-state index contributed by atoms with van der Waals surface area (Å²) in [5.41, 5.74) is 1.47. The third-order valence-corrected chi connectivity index (χ3v) is 5.81. The van der Waals surface area contributed by atoms with Gasteiger partial charge in [0.25, 0.3) is 0 Å². The molecule has 0 N–H and O–H groups in total. The fourth-order valence-corrected chi connectivity index (χ4v) is 4.95. The molecule has 2 heteroatoms. The number of hydrogen-bond acceptors (Lipinski definition) is 1. The first-order chi connectivity index (χ1) is 8.83. The van der Waals surface area contributed by atoms with E-state index in [4.69, 9.17) is 11.6 Å². The third kappa shape index (κ3) is 3.68. The Labute approximate surface area is 121 Å². The summed E-state index contributed by atoms with van der Waals surface area (Å²) < 4.78 is 0. The molecule has 1 aromatic carbocycles. The minimum Gasteiger partial charge on any atom is -0.153 e. The Hall–Kier alpha value is -0.140. The van der Waals surface area contributed by atoms with Crippen molar-refractivity contribution in [1.82, 2.24) is 0 Å². The van der Waals surface area contributed by atoms with E-state index in [0.717, 1.165) is 0 Å². The van der Waals surface area contributed by atoms with Crippen LogP contribution in [-0.2, 0) is 0 Å². The van der Waals surface area contributed by atoms with Crippen molar-refractivity contribution in [2.24, 2.45) is 5.92 Å². The number of unbranched alkanes of at least 4 members (excludes halogenated alkanes) is 2. The molecular weight excluding hydrogens is 260 g/mol. The predicted molar refractivity (Wildman–Crippen MR) is 83.5 cm³/mol. The molecule has 0 aromatic heterocycles. The maximum atomic E-state index is 6.59. The van der Waals surface area contributed by atoms with Crippen molar-refractivity contribution in [3.8, 4) is 0 Å². The second kappa shape index (κ2) is 7.45. The molecule has 0 aliphatic carbocycles. The molecule has 0 spiro atoms. The van der Waals surface area contributed by atoms with Gasteiger partial charge in [-0.05, 0) is 30.1 Å². The summed E-state index contributed by atoms with van der Waals surface area (Å²) >= 11 is 8.69. The highest BCUT2D eigenvalue weighted by Gasteiger charge is 2.32. The molecule has 18 heavy (non-hydrogen) atoms. The molecule has 0 unspecified atom stereocenters. The molecule has 0 bridgehead atoms. The van der Waals surface area contributed by atoms with Gasteiger partial charge in [0.15, 0.2) is 0 Å². The number of hydrogen-bond donors (Lipinski definition) is 0. The van der Waals surface area contributed by atoms with Gasteiger partial charge in [-0.2, -0.15) is 11.8 Å². The minimum absolute atomic E-state index is 0.369. The average molecular weight is 283 g/mol. The van der Waals surface area contributed by atoms with Crippen molar-refractivity contribution in [1.29, 1.82) is 0 Å². The molecule has 100 valence electrons. The molecule has 1 aliphatic heterocycles. The molecule has 0 amide bonds. The van der Waals surface area contributed by atoms with Gasteiger partial charge in [-0.15, -0.1) is 11.6 Å². The van der Waals surface area contributed by atoms with E-state index in [9.17, 15) is 0 Å². The van der Waals surface area contributed by atoms with Crippen LogP contribution in [0.3, 0.4) is 0 Å². The van der Waals surface area contributed by atoms with Crippen molar-refractivity contribution < 1.29 is 0 Å². The number of alkyl halides is 1. The number of thioether (sulfide) groups is 1. The molecule has 0 saturated carbocycles. The smallest absolute Gasteiger partial charge is 0.0385 e. The molecular formula is C16H23ClS. The maximum absolute atomic E-state index is 6.59. The standard InChI is InChI=1S/C16H23ClS/c1-2-3-5-10-14-15(17)11-12-18-16(14)13-8-6-4-7-9-13/h4,6-9,14-16H,2-3,5,10-12H2,1H3/t14-,15+,16+/m0/s1. The summed E-state index contributed by atoms with van der Waals surface area (Å²) in [6.07, 6.45) is 6.42. The Morgan fingerprint density at radius 3 is 2.72 bits per heavy atom. The Bertz CT molecular complexity index is 338. The van der Waals surface area contributed by atoms with Crippen LogP contribution in [0.5, 0.6) is 0 Å². The van der Waals surface area contributed by atoms with Crippen LogP contribution >= 0.6 is 23.4 Å². The van der Waals surface area contributed by atoms with Gasteiger partial charge in [0.2, 0.25) is 0 Å².